The molecule has 41 heavy (non-hydrogen) atoms. The van der Waals surface area contributed by atoms with Crippen molar-refractivity contribution >= 4 is 60.4 Å². The van der Waals surface area contributed by atoms with E-state index in [1.165, 1.54) is 32.3 Å². The van der Waals surface area contributed by atoms with Gasteiger partial charge in [0.1, 0.15) is 5.60 Å². The first-order valence-corrected chi connectivity index (χ1v) is 14.7. The third-order valence-electron chi connectivity index (χ3n) is 8.57. The number of benzene rings is 7. The fourth-order valence-electron chi connectivity index (χ4n) is 6.70. The van der Waals surface area contributed by atoms with E-state index in [-0.39, 0.29) is 0 Å². The Kier molecular flexibility index (Phi) is 5.50. The van der Waals surface area contributed by atoms with Crippen molar-refractivity contribution in [3.05, 3.63) is 166 Å². The Morgan fingerprint density at radius 2 is 0.976 bits per heavy atom. The molecule has 1 atom stereocenters. The molecular formula is C39H25BrO. The zero-order valence-corrected chi connectivity index (χ0v) is 23.8. The molecule has 0 saturated carbocycles. The molecule has 0 fully saturated rings. The van der Waals surface area contributed by atoms with Crippen molar-refractivity contribution in [2.75, 3.05) is 0 Å². The van der Waals surface area contributed by atoms with Crippen molar-refractivity contribution in [2.24, 2.45) is 0 Å². The highest BCUT2D eigenvalue weighted by atomic mass is 79.9. The van der Waals surface area contributed by atoms with Gasteiger partial charge in [0.15, 0.2) is 0 Å². The van der Waals surface area contributed by atoms with Gasteiger partial charge in [0.05, 0.1) is 0 Å². The average Bonchev–Trinajstić information content (AvgIpc) is 3.16. The molecule has 0 amide bonds. The molecule has 7 aromatic carbocycles. The molecule has 0 bridgehead atoms. The summed E-state index contributed by atoms with van der Waals surface area (Å²) < 4.78 is 0.934. The van der Waals surface area contributed by atoms with E-state index in [1.807, 2.05) is 30.3 Å². The number of halogens is 1. The van der Waals surface area contributed by atoms with Crippen molar-refractivity contribution in [2.45, 2.75) is 5.60 Å². The lowest BCUT2D eigenvalue weighted by molar-refractivity contribution is 0.126. The summed E-state index contributed by atoms with van der Waals surface area (Å²) in [5, 5.41) is 20.5. The van der Waals surface area contributed by atoms with Gasteiger partial charge in [0, 0.05) is 15.6 Å². The summed E-state index contributed by atoms with van der Waals surface area (Å²) >= 11 is 3.68. The van der Waals surface area contributed by atoms with E-state index in [0.717, 1.165) is 43.4 Å². The predicted molar refractivity (Wildman–Crippen MR) is 176 cm³/mol. The lowest BCUT2D eigenvalue weighted by atomic mass is 9.75. The van der Waals surface area contributed by atoms with Crippen LogP contribution in [0.1, 0.15) is 27.8 Å². The number of aliphatic hydroxyl groups is 1. The van der Waals surface area contributed by atoms with Gasteiger partial charge < -0.3 is 5.11 Å². The molecule has 0 spiro atoms. The highest BCUT2D eigenvalue weighted by Gasteiger charge is 2.39. The van der Waals surface area contributed by atoms with Crippen LogP contribution in [0.3, 0.4) is 0 Å². The highest BCUT2D eigenvalue weighted by Crippen LogP contribution is 2.47. The summed E-state index contributed by atoms with van der Waals surface area (Å²) in [6, 6.07) is 46.7. The van der Waals surface area contributed by atoms with Crippen molar-refractivity contribution in [1.29, 1.82) is 0 Å². The lowest BCUT2D eigenvalue weighted by Crippen LogP contribution is -2.31. The molecule has 1 N–H and O–H groups in total. The fraction of sp³-hybridized carbons (Fsp3) is 0.0256. The molecule has 0 radical (unpaired) electrons. The SMILES string of the molecule is OC1(c2ccccc2-c2ccc3c4ccccc4c4ccccc4c3c2)c2ccccc2C=Cc2ccc(Br)cc21. The molecular weight excluding hydrogens is 564 g/mol. The molecule has 8 rings (SSSR count). The second-order valence-electron chi connectivity index (χ2n) is 10.8. The van der Waals surface area contributed by atoms with Crippen LogP contribution < -0.4 is 0 Å². The first-order valence-electron chi connectivity index (χ1n) is 13.9. The molecule has 1 aliphatic rings. The summed E-state index contributed by atoms with van der Waals surface area (Å²) in [5.74, 6) is 0. The van der Waals surface area contributed by atoms with E-state index >= 15 is 0 Å². The van der Waals surface area contributed by atoms with Crippen LogP contribution in [0.15, 0.2) is 138 Å². The number of rotatable bonds is 2. The van der Waals surface area contributed by atoms with Gasteiger partial charge in [0.25, 0.3) is 0 Å². The smallest absolute Gasteiger partial charge is 0.142 e. The quantitative estimate of drug-likeness (QED) is 0.199. The van der Waals surface area contributed by atoms with Gasteiger partial charge in [-0.2, -0.15) is 0 Å². The van der Waals surface area contributed by atoms with Crippen LogP contribution in [-0.4, -0.2) is 5.11 Å². The Morgan fingerprint density at radius 1 is 0.439 bits per heavy atom. The molecule has 0 saturated heterocycles. The molecule has 194 valence electrons. The molecule has 0 aliphatic heterocycles. The van der Waals surface area contributed by atoms with Gasteiger partial charge in [-0.25, -0.2) is 0 Å². The van der Waals surface area contributed by atoms with Gasteiger partial charge in [-0.05, 0) is 78.3 Å². The first-order chi connectivity index (χ1) is 20.1. The second kappa shape index (κ2) is 9.27. The lowest BCUT2D eigenvalue weighted by Gasteiger charge is -2.33. The Hall–Kier alpha value is -4.50. The maximum Gasteiger partial charge on any atom is 0.142 e. The molecule has 1 nitrogen and oxygen atoms in total. The summed E-state index contributed by atoms with van der Waals surface area (Å²) in [5.41, 5.74) is 5.32. The zero-order valence-electron chi connectivity index (χ0n) is 22.2. The van der Waals surface area contributed by atoms with Crippen LogP contribution >= 0.6 is 15.9 Å². The molecule has 2 heteroatoms. The van der Waals surface area contributed by atoms with Crippen LogP contribution in [-0.2, 0) is 5.60 Å². The predicted octanol–water partition coefficient (Wildman–Crippen LogP) is 10.3. The van der Waals surface area contributed by atoms with Gasteiger partial charge >= 0.3 is 0 Å². The van der Waals surface area contributed by atoms with Crippen molar-refractivity contribution in [1.82, 2.24) is 0 Å². The normalized spacial score (nSPS) is 16.0. The average molecular weight is 590 g/mol. The standard InChI is InChI=1S/C39H25BrO/c40-28-21-19-26-18-17-25-9-1-7-15-36(25)39(41,38(26)24-28)37-16-8-6-10-29(37)27-20-22-34-32-13-3-2-11-30(32)31-12-4-5-14-33(31)35(34)23-27/h1-24,41H. The Morgan fingerprint density at radius 3 is 1.68 bits per heavy atom. The Balaban J connectivity index is 1.44. The highest BCUT2D eigenvalue weighted by molar-refractivity contribution is 9.10. The van der Waals surface area contributed by atoms with Crippen LogP contribution in [0.4, 0.5) is 0 Å². The van der Waals surface area contributed by atoms with E-state index in [2.05, 4.69) is 131 Å². The molecule has 7 aromatic rings. The second-order valence-corrected chi connectivity index (χ2v) is 11.7. The van der Waals surface area contributed by atoms with E-state index in [0.29, 0.717) is 0 Å². The van der Waals surface area contributed by atoms with Crippen LogP contribution in [0.25, 0.3) is 55.6 Å². The summed E-state index contributed by atoms with van der Waals surface area (Å²) in [6.07, 6.45) is 4.21. The number of fused-ring (bicyclic) bond motifs is 8. The van der Waals surface area contributed by atoms with E-state index in [9.17, 15) is 5.11 Å². The summed E-state index contributed by atoms with van der Waals surface area (Å²) in [7, 11) is 0. The van der Waals surface area contributed by atoms with E-state index in [4.69, 9.17) is 0 Å². The van der Waals surface area contributed by atoms with Crippen LogP contribution in [0.5, 0.6) is 0 Å². The van der Waals surface area contributed by atoms with Crippen LogP contribution in [0.2, 0.25) is 0 Å². The Labute approximate surface area is 247 Å². The third-order valence-corrected chi connectivity index (χ3v) is 9.06. The van der Waals surface area contributed by atoms with Gasteiger partial charge in [-0.15, -0.1) is 0 Å². The largest absolute Gasteiger partial charge is 0.376 e. The zero-order chi connectivity index (χ0) is 27.6. The minimum absolute atomic E-state index is 0.859. The van der Waals surface area contributed by atoms with Crippen molar-refractivity contribution in [3.8, 4) is 11.1 Å². The monoisotopic (exact) mass is 588 g/mol. The minimum atomic E-state index is -1.36. The van der Waals surface area contributed by atoms with Crippen molar-refractivity contribution < 1.29 is 5.11 Å². The van der Waals surface area contributed by atoms with Gasteiger partial charge in [-0.1, -0.05) is 143 Å². The first kappa shape index (κ1) is 24.3. The molecule has 0 aromatic heterocycles. The summed E-state index contributed by atoms with van der Waals surface area (Å²) in [4.78, 5) is 0. The van der Waals surface area contributed by atoms with E-state index < -0.39 is 5.60 Å². The number of hydrogen-bond acceptors (Lipinski definition) is 1. The molecule has 1 unspecified atom stereocenters. The molecule has 0 heterocycles. The number of hydrogen-bond donors (Lipinski definition) is 1. The van der Waals surface area contributed by atoms with Crippen LogP contribution in [0, 0.1) is 0 Å². The maximum absolute atomic E-state index is 13.1. The van der Waals surface area contributed by atoms with Crippen molar-refractivity contribution in [3.63, 3.8) is 0 Å². The maximum atomic E-state index is 13.1. The Bertz CT molecular complexity index is 2160. The fourth-order valence-corrected chi connectivity index (χ4v) is 7.06. The van der Waals surface area contributed by atoms with E-state index in [1.54, 1.807) is 0 Å². The van der Waals surface area contributed by atoms with Gasteiger partial charge in [0.2, 0.25) is 0 Å². The van der Waals surface area contributed by atoms with Gasteiger partial charge in [-0.3, -0.25) is 0 Å². The summed E-state index contributed by atoms with van der Waals surface area (Å²) in [6.45, 7) is 0. The minimum Gasteiger partial charge on any atom is -0.376 e. The topological polar surface area (TPSA) is 20.2 Å². The third kappa shape index (κ3) is 3.65. The molecule has 1 aliphatic carbocycles.